The normalized spacial score (nSPS) is 11.6. The van der Waals surface area contributed by atoms with Crippen LogP contribution in [0.2, 0.25) is 0 Å². The molecule has 0 bridgehead atoms. The Kier molecular flexibility index (Phi) is 8.63. The van der Waals surface area contributed by atoms with Gasteiger partial charge in [-0.15, -0.1) is 0 Å². The maximum absolute atomic E-state index is 12.8. The van der Waals surface area contributed by atoms with Crippen LogP contribution >= 0.6 is 8.58 Å². The summed E-state index contributed by atoms with van der Waals surface area (Å²) in [6.07, 6.45) is 0. The maximum atomic E-state index is 12.8. The van der Waals surface area contributed by atoms with E-state index in [2.05, 4.69) is 53.7 Å². The second kappa shape index (κ2) is 9.73. The van der Waals surface area contributed by atoms with Crippen LogP contribution in [0.15, 0.2) is 42.5 Å². The van der Waals surface area contributed by atoms with E-state index in [1.807, 2.05) is 30.3 Å². The summed E-state index contributed by atoms with van der Waals surface area (Å²) >= 11 is 0. The molecule has 25 heavy (non-hydrogen) atoms. The fraction of sp³-hybridized carbons (Fsp3) is 0.409. The van der Waals surface area contributed by atoms with Crippen LogP contribution in [-0.4, -0.2) is 24.4 Å². The molecule has 0 N–H and O–H groups in total. The van der Waals surface area contributed by atoms with Crippen LogP contribution in [0.4, 0.5) is 0 Å². The van der Waals surface area contributed by atoms with E-state index in [0.717, 1.165) is 5.56 Å². The van der Waals surface area contributed by atoms with Gasteiger partial charge in [0.15, 0.2) is 5.52 Å². The number of carbonyl (C=O) groups is 1. The summed E-state index contributed by atoms with van der Waals surface area (Å²) in [7, 11) is 0.190. The third-order valence-corrected chi connectivity index (χ3v) is 5.75. The second-order valence-corrected chi connectivity index (χ2v) is 8.56. The average molecular weight is 348 g/mol. The molecular weight excluding hydrogens is 318 g/mol. The Morgan fingerprint density at radius 2 is 1.28 bits per heavy atom. The van der Waals surface area contributed by atoms with Gasteiger partial charge in [0.05, 0.1) is 0 Å². The van der Waals surface area contributed by atoms with Gasteiger partial charge in [0.1, 0.15) is 0 Å². The molecule has 2 aromatic rings. The van der Waals surface area contributed by atoms with E-state index in [1.54, 1.807) is 0 Å². The molecule has 1 unspecified atom stereocenters. The van der Waals surface area contributed by atoms with Gasteiger partial charge in [0, 0.05) is 5.56 Å². The van der Waals surface area contributed by atoms with E-state index in [1.165, 1.54) is 22.0 Å². The van der Waals surface area contributed by atoms with Gasteiger partial charge in [-0.3, -0.25) is 4.79 Å². The summed E-state index contributed by atoms with van der Waals surface area (Å²) in [4.78, 5) is 12.8. The van der Waals surface area contributed by atoms with Crippen LogP contribution in [0.5, 0.6) is 0 Å². The number of hydrogen-bond donors (Lipinski definition) is 0. The van der Waals surface area contributed by atoms with Crippen molar-refractivity contribution in [2.45, 2.75) is 59.3 Å². The zero-order valence-electron chi connectivity index (χ0n) is 15.7. The van der Waals surface area contributed by atoms with Crippen molar-refractivity contribution in [1.29, 1.82) is 0 Å². The first-order valence-corrected chi connectivity index (χ1v) is 9.85. The zero-order valence-corrected chi connectivity index (χ0v) is 16.7. The van der Waals surface area contributed by atoms with E-state index >= 15 is 0 Å². The third-order valence-electron chi connectivity index (χ3n) is 4.41. The Labute approximate surface area is 167 Å². The van der Waals surface area contributed by atoms with Gasteiger partial charge in [-0.2, -0.15) is 0 Å². The van der Waals surface area contributed by atoms with Crippen molar-refractivity contribution >= 4 is 38.3 Å². The number of hydrogen-bond acceptors (Lipinski definition) is 1. The van der Waals surface area contributed by atoms with Crippen LogP contribution < -0.4 is 5.30 Å². The van der Waals surface area contributed by atoms with Gasteiger partial charge in [0.2, 0.25) is 0 Å². The van der Waals surface area contributed by atoms with Crippen molar-refractivity contribution in [2.24, 2.45) is 0 Å². The average Bonchev–Trinajstić information content (AvgIpc) is 2.54. The quantitative estimate of drug-likeness (QED) is 0.494. The molecule has 0 aliphatic carbocycles. The summed E-state index contributed by atoms with van der Waals surface area (Å²) in [5, 5.41) is 1.26. The van der Waals surface area contributed by atoms with E-state index in [4.69, 9.17) is 0 Å². The molecule has 0 spiro atoms. The first-order valence-electron chi connectivity index (χ1n) is 8.85. The van der Waals surface area contributed by atoms with Crippen LogP contribution in [0, 0.1) is 0 Å². The summed E-state index contributed by atoms with van der Waals surface area (Å²) in [5.74, 6) is 1.35. The molecule has 0 aliphatic rings. The molecule has 0 saturated heterocycles. The van der Waals surface area contributed by atoms with E-state index < -0.39 is 0 Å². The molecule has 0 saturated carbocycles. The first-order chi connectivity index (χ1) is 11.3. The van der Waals surface area contributed by atoms with Crippen molar-refractivity contribution < 1.29 is 4.79 Å². The Morgan fingerprint density at radius 1 is 0.800 bits per heavy atom. The molecule has 1 nitrogen and oxygen atoms in total. The monoisotopic (exact) mass is 348 g/mol. The van der Waals surface area contributed by atoms with Crippen LogP contribution in [-0.2, 0) is 0 Å². The van der Waals surface area contributed by atoms with Crippen molar-refractivity contribution in [3.8, 4) is 0 Å². The Morgan fingerprint density at radius 3 is 1.68 bits per heavy atom. The number of carbonyl (C=O) groups excluding carboxylic acids is 1. The molecule has 0 aromatic heterocycles. The standard InChI is InChI=1S/C22H29OP.Li.H/c1-14(2)18-12-19(15(3)4)21(20(13-18)16(5)6)24-22(23)17-10-8-7-9-11-17;;/h7-16,24H,1-6H3;;. The number of rotatable bonds is 6. The topological polar surface area (TPSA) is 17.1 Å². The molecule has 0 aliphatic heterocycles. The minimum absolute atomic E-state index is 0. The predicted octanol–water partition coefficient (Wildman–Crippen LogP) is 5.55. The predicted molar refractivity (Wildman–Crippen MR) is 115 cm³/mol. The molecule has 130 valence electrons. The molecule has 3 heteroatoms. The van der Waals surface area contributed by atoms with Gasteiger partial charge >= 0.3 is 18.9 Å². The molecule has 1 atom stereocenters. The van der Waals surface area contributed by atoms with E-state index in [9.17, 15) is 4.79 Å². The van der Waals surface area contributed by atoms with Crippen molar-refractivity contribution in [3.05, 3.63) is 64.7 Å². The molecule has 0 fully saturated rings. The van der Waals surface area contributed by atoms with Crippen molar-refractivity contribution in [2.75, 3.05) is 0 Å². The molecule has 0 heterocycles. The minimum atomic E-state index is 0. The van der Waals surface area contributed by atoms with Crippen LogP contribution in [0.25, 0.3) is 0 Å². The van der Waals surface area contributed by atoms with E-state index in [-0.39, 0.29) is 33.0 Å². The molecule has 0 amide bonds. The SMILES string of the molecule is CC(C)c1cc(C(C)C)c(PC(=O)c2ccccc2)c(C(C)C)c1.[LiH]. The zero-order chi connectivity index (χ0) is 17.9. The first kappa shape index (κ1) is 22.2. The van der Waals surface area contributed by atoms with Crippen LogP contribution in [0.3, 0.4) is 0 Å². The van der Waals surface area contributed by atoms with Crippen molar-refractivity contribution in [3.63, 3.8) is 0 Å². The Bertz CT molecular complexity index is 676. The fourth-order valence-electron chi connectivity index (χ4n) is 2.88. The van der Waals surface area contributed by atoms with Crippen LogP contribution in [0.1, 0.15) is 86.3 Å². The van der Waals surface area contributed by atoms with Gasteiger partial charge in [-0.25, -0.2) is 0 Å². The van der Waals surface area contributed by atoms with Gasteiger partial charge in [-0.05, 0) is 48.3 Å². The molecule has 0 radical (unpaired) electrons. The van der Waals surface area contributed by atoms with Gasteiger partial charge < -0.3 is 0 Å². The molecule has 2 aromatic carbocycles. The summed E-state index contributed by atoms with van der Waals surface area (Å²) < 4.78 is 0. The van der Waals surface area contributed by atoms with Gasteiger partial charge in [0.25, 0.3) is 0 Å². The van der Waals surface area contributed by atoms with Gasteiger partial charge in [-0.1, -0.05) is 84.0 Å². The Balaban J connectivity index is 0.00000312. The Hall–Kier alpha value is -0.863. The summed E-state index contributed by atoms with van der Waals surface area (Å²) in [6.45, 7) is 13.4. The number of benzene rings is 2. The molecular formula is C22H30LiOP. The summed E-state index contributed by atoms with van der Waals surface area (Å²) in [5.41, 5.74) is 5.10. The third kappa shape index (κ3) is 5.56. The summed E-state index contributed by atoms with van der Waals surface area (Å²) in [6, 6.07) is 14.3. The molecule has 2 rings (SSSR count). The fourth-order valence-corrected chi connectivity index (χ4v) is 4.42. The second-order valence-electron chi connectivity index (χ2n) is 7.36. The van der Waals surface area contributed by atoms with Crippen molar-refractivity contribution in [1.82, 2.24) is 0 Å². The van der Waals surface area contributed by atoms with E-state index in [0.29, 0.717) is 17.8 Å².